The lowest BCUT2D eigenvalue weighted by Gasteiger charge is -2.30. The Bertz CT molecular complexity index is 850. The molecule has 0 spiro atoms. The van der Waals surface area contributed by atoms with Crippen LogP contribution < -0.4 is 0 Å². The Morgan fingerprint density at radius 2 is 1.54 bits per heavy atom. The lowest BCUT2D eigenvalue weighted by Crippen LogP contribution is -2.39. The highest BCUT2D eigenvalue weighted by atomic mass is 19.4. The van der Waals surface area contributed by atoms with Gasteiger partial charge in [0, 0.05) is 30.6 Å². The minimum atomic E-state index is -4.38. The van der Waals surface area contributed by atoms with Crippen LogP contribution in [0.5, 0.6) is 0 Å². The van der Waals surface area contributed by atoms with Crippen molar-refractivity contribution in [2.45, 2.75) is 19.0 Å². The molecule has 6 heteroatoms. The third kappa shape index (κ3) is 4.88. The highest BCUT2D eigenvalue weighted by molar-refractivity contribution is 5.98. The standard InChI is InChI=1S/C22H20F3NO2/c23-22(24,25)19-9-6-16(7-10-19)8-11-20(27)26-14-12-18(13-15-26)21(28)17-4-2-1-3-5-17/h1-11,18H,12-15H2/b11-8+. The van der Waals surface area contributed by atoms with E-state index in [1.807, 2.05) is 18.2 Å². The predicted molar refractivity (Wildman–Crippen MR) is 101 cm³/mol. The molecule has 1 aliphatic rings. The molecule has 1 saturated heterocycles. The van der Waals surface area contributed by atoms with Gasteiger partial charge >= 0.3 is 6.18 Å². The van der Waals surface area contributed by atoms with E-state index in [0.717, 1.165) is 12.1 Å². The van der Waals surface area contributed by atoms with Crippen LogP contribution >= 0.6 is 0 Å². The Kier molecular flexibility index (Phi) is 5.97. The van der Waals surface area contributed by atoms with Gasteiger partial charge in [-0.3, -0.25) is 9.59 Å². The highest BCUT2D eigenvalue weighted by Gasteiger charge is 2.30. The maximum absolute atomic E-state index is 12.6. The number of nitrogens with zero attached hydrogens (tertiary/aromatic N) is 1. The number of rotatable bonds is 4. The Morgan fingerprint density at radius 3 is 2.11 bits per heavy atom. The third-order valence-corrected chi connectivity index (χ3v) is 4.89. The van der Waals surface area contributed by atoms with Crippen LogP contribution in [0.2, 0.25) is 0 Å². The van der Waals surface area contributed by atoms with Gasteiger partial charge in [-0.15, -0.1) is 0 Å². The predicted octanol–water partition coefficient (Wildman–Crippen LogP) is 4.84. The molecule has 3 nitrogen and oxygen atoms in total. The number of hydrogen-bond donors (Lipinski definition) is 0. The average Bonchev–Trinajstić information content (AvgIpc) is 2.72. The molecular formula is C22H20F3NO2. The fourth-order valence-corrected chi connectivity index (χ4v) is 3.26. The zero-order valence-corrected chi connectivity index (χ0v) is 15.2. The van der Waals surface area contributed by atoms with Crippen molar-refractivity contribution >= 4 is 17.8 Å². The van der Waals surface area contributed by atoms with Crippen molar-refractivity contribution in [2.75, 3.05) is 13.1 Å². The fraction of sp³-hybridized carbons (Fsp3) is 0.273. The molecule has 0 aromatic heterocycles. The number of carbonyl (C=O) groups is 2. The molecule has 0 aliphatic carbocycles. The molecule has 0 bridgehead atoms. The summed E-state index contributed by atoms with van der Waals surface area (Å²) in [6.07, 6.45) is -0.299. The lowest BCUT2D eigenvalue weighted by atomic mass is 9.89. The van der Waals surface area contributed by atoms with Crippen molar-refractivity contribution in [2.24, 2.45) is 5.92 Å². The van der Waals surface area contributed by atoms with Gasteiger partial charge in [0.2, 0.25) is 5.91 Å². The largest absolute Gasteiger partial charge is 0.416 e. The zero-order valence-electron chi connectivity index (χ0n) is 15.2. The molecule has 0 atom stereocenters. The molecule has 0 radical (unpaired) electrons. The molecule has 28 heavy (non-hydrogen) atoms. The summed E-state index contributed by atoms with van der Waals surface area (Å²) >= 11 is 0. The first-order chi connectivity index (χ1) is 13.3. The number of alkyl halides is 3. The van der Waals surface area contributed by atoms with Crippen LogP contribution in [0.1, 0.15) is 34.3 Å². The summed E-state index contributed by atoms with van der Waals surface area (Å²) in [7, 11) is 0. The SMILES string of the molecule is O=C(c1ccccc1)C1CCN(C(=O)/C=C/c2ccc(C(F)(F)F)cc2)CC1. The number of hydrogen-bond acceptors (Lipinski definition) is 2. The van der Waals surface area contributed by atoms with E-state index in [9.17, 15) is 22.8 Å². The van der Waals surface area contributed by atoms with E-state index < -0.39 is 11.7 Å². The second-order valence-corrected chi connectivity index (χ2v) is 6.78. The van der Waals surface area contributed by atoms with Gasteiger partial charge in [-0.25, -0.2) is 0 Å². The first kappa shape index (κ1) is 19.9. The molecule has 1 aliphatic heterocycles. The lowest BCUT2D eigenvalue weighted by molar-refractivity contribution is -0.137. The second kappa shape index (κ2) is 8.42. The summed E-state index contributed by atoms with van der Waals surface area (Å²) in [4.78, 5) is 26.5. The number of piperidine rings is 1. The number of halogens is 3. The smallest absolute Gasteiger partial charge is 0.339 e. The summed E-state index contributed by atoms with van der Waals surface area (Å²) in [5.41, 5.74) is 0.492. The number of carbonyl (C=O) groups excluding carboxylic acids is 2. The molecule has 2 aromatic rings. The monoisotopic (exact) mass is 387 g/mol. The number of likely N-dealkylation sites (tertiary alicyclic amines) is 1. The number of benzene rings is 2. The van der Waals surface area contributed by atoms with Crippen molar-refractivity contribution in [3.05, 3.63) is 77.4 Å². The Balaban J connectivity index is 1.54. The van der Waals surface area contributed by atoms with Crippen molar-refractivity contribution in [3.63, 3.8) is 0 Å². The summed E-state index contributed by atoms with van der Waals surface area (Å²) in [6.45, 7) is 0.971. The van der Waals surface area contributed by atoms with Crippen molar-refractivity contribution in [3.8, 4) is 0 Å². The van der Waals surface area contributed by atoms with E-state index in [1.165, 1.54) is 24.3 Å². The molecular weight excluding hydrogens is 367 g/mol. The highest BCUT2D eigenvalue weighted by Crippen LogP contribution is 2.29. The summed E-state index contributed by atoms with van der Waals surface area (Å²) < 4.78 is 37.7. The van der Waals surface area contributed by atoms with Crippen molar-refractivity contribution in [1.29, 1.82) is 0 Å². The summed E-state index contributed by atoms with van der Waals surface area (Å²) in [5.74, 6) is -0.191. The zero-order chi connectivity index (χ0) is 20.1. The van der Waals surface area contributed by atoms with E-state index in [1.54, 1.807) is 17.0 Å². The van der Waals surface area contributed by atoms with Crippen molar-refractivity contribution in [1.82, 2.24) is 4.90 Å². The average molecular weight is 387 g/mol. The molecule has 146 valence electrons. The van der Waals surface area contributed by atoms with Crippen LogP contribution in [0.25, 0.3) is 6.08 Å². The molecule has 0 N–H and O–H groups in total. The minimum Gasteiger partial charge on any atom is -0.339 e. The Morgan fingerprint density at radius 1 is 0.929 bits per heavy atom. The van der Waals surface area contributed by atoms with E-state index in [4.69, 9.17) is 0 Å². The maximum atomic E-state index is 12.6. The van der Waals surface area contributed by atoms with Crippen LogP contribution in [0.3, 0.4) is 0 Å². The Hall–Kier alpha value is -2.89. The number of Topliss-reactive ketones (excluding diaryl/α,β-unsaturated/α-hetero) is 1. The van der Waals surface area contributed by atoms with Crippen LogP contribution in [0, 0.1) is 5.92 Å². The first-order valence-electron chi connectivity index (χ1n) is 9.08. The van der Waals surface area contributed by atoms with Gasteiger partial charge in [0.15, 0.2) is 5.78 Å². The molecule has 0 saturated carbocycles. The van der Waals surface area contributed by atoms with Gasteiger partial charge < -0.3 is 4.90 Å². The topological polar surface area (TPSA) is 37.4 Å². The summed E-state index contributed by atoms with van der Waals surface area (Å²) in [5, 5.41) is 0. The van der Waals surface area contributed by atoms with Crippen LogP contribution in [0.4, 0.5) is 13.2 Å². The second-order valence-electron chi connectivity index (χ2n) is 6.78. The van der Waals surface area contributed by atoms with Crippen LogP contribution in [0.15, 0.2) is 60.7 Å². The first-order valence-corrected chi connectivity index (χ1v) is 9.08. The molecule has 1 fully saturated rings. The molecule has 0 unspecified atom stereocenters. The Labute approximate surface area is 161 Å². The van der Waals surface area contributed by atoms with Gasteiger partial charge in [-0.05, 0) is 36.6 Å². The van der Waals surface area contributed by atoms with E-state index >= 15 is 0 Å². The van der Waals surface area contributed by atoms with E-state index in [0.29, 0.717) is 37.1 Å². The van der Waals surface area contributed by atoms with E-state index in [2.05, 4.69) is 0 Å². The number of amides is 1. The van der Waals surface area contributed by atoms with Crippen LogP contribution in [-0.4, -0.2) is 29.7 Å². The molecule has 1 amide bonds. The number of ketones is 1. The fourth-order valence-electron chi connectivity index (χ4n) is 3.26. The van der Waals surface area contributed by atoms with Gasteiger partial charge in [-0.1, -0.05) is 42.5 Å². The van der Waals surface area contributed by atoms with Gasteiger partial charge in [0.1, 0.15) is 0 Å². The van der Waals surface area contributed by atoms with Gasteiger partial charge in [0.25, 0.3) is 0 Å². The molecule has 1 heterocycles. The quantitative estimate of drug-likeness (QED) is 0.556. The van der Waals surface area contributed by atoms with Crippen LogP contribution in [-0.2, 0) is 11.0 Å². The maximum Gasteiger partial charge on any atom is 0.416 e. The molecule has 3 rings (SSSR count). The van der Waals surface area contributed by atoms with Gasteiger partial charge in [-0.2, -0.15) is 13.2 Å². The molecule has 2 aromatic carbocycles. The minimum absolute atomic E-state index is 0.0923. The van der Waals surface area contributed by atoms with Gasteiger partial charge in [0.05, 0.1) is 5.56 Å². The third-order valence-electron chi connectivity index (χ3n) is 4.89. The summed E-state index contributed by atoms with van der Waals surface area (Å²) in [6, 6.07) is 13.8. The normalized spacial score (nSPS) is 15.8. The van der Waals surface area contributed by atoms with E-state index in [-0.39, 0.29) is 17.6 Å². The van der Waals surface area contributed by atoms with Crippen molar-refractivity contribution < 1.29 is 22.8 Å².